The van der Waals surface area contributed by atoms with E-state index in [1.165, 1.54) is 6.54 Å². The summed E-state index contributed by atoms with van der Waals surface area (Å²) >= 11 is 0. The minimum absolute atomic E-state index is 0. The Morgan fingerprint density at radius 1 is 1.22 bits per heavy atom. The third-order valence-corrected chi connectivity index (χ3v) is 3.55. The fourth-order valence-corrected chi connectivity index (χ4v) is 2.34. The molecule has 1 rings (SSSR count). The molecule has 1 aliphatic heterocycles. The fourth-order valence-electron chi connectivity index (χ4n) is 2.34. The lowest BCUT2D eigenvalue weighted by molar-refractivity contribution is -0.131. The molecule has 0 aliphatic carbocycles. The lowest BCUT2D eigenvalue weighted by Gasteiger charge is -2.34. The Balaban J connectivity index is 0. The number of carbonyl (C=O) groups excluding carboxylic acids is 1. The molecule has 1 amide bonds. The number of amides is 1. The molecule has 0 aromatic heterocycles. The highest BCUT2D eigenvalue weighted by Crippen LogP contribution is 2.18. The van der Waals surface area contributed by atoms with Crippen LogP contribution in [0.5, 0.6) is 0 Å². The Morgan fingerprint density at radius 3 is 2.11 bits per heavy atom. The van der Waals surface area contributed by atoms with Crippen LogP contribution in [0, 0.1) is 5.92 Å². The fraction of sp³-hybridized carbons (Fsp3) is 0.917. The molecule has 1 aliphatic rings. The molecule has 18 heavy (non-hydrogen) atoms. The van der Waals surface area contributed by atoms with Gasteiger partial charge in [0.2, 0.25) is 5.91 Å². The quantitative estimate of drug-likeness (QED) is 0.834. The molecule has 0 atom stereocenters. The smallest absolute Gasteiger partial charge is 0.236 e. The van der Waals surface area contributed by atoms with Gasteiger partial charge in [0.05, 0.1) is 6.54 Å². The first kappa shape index (κ1) is 20.3. The van der Waals surface area contributed by atoms with Gasteiger partial charge in [-0.1, -0.05) is 13.8 Å². The van der Waals surface area contributed by atoms with E-state index in [4.69, 9.17) is 5.73 Å². The molecule has 0 saturated carbocycles. The zero-order valence-corrected chi connectivity index (χ0v) is 13.1. The van der Waals surface area contributed by atoms with Crippen molar-refractivity contribution in [3.8, 4) is 0 Å². The molecule has 2 N–H and O–H groups in total. The van der Waals surface area contributed by atoms with Crippen LogP contribution in [-0.4, -0.2) is 55.0 Å². The standard InChI is InChI=1S/C12H25N3O.2ClH/c1-3-14(4-2)10-11-5-7-15(8-6-11)12(16)9-13;;/h11H,3-10,13H2,1-2H3;2*1H. The number of hydrogen-bond acceptors (Lipinski definition) is 3. The number of hydrogen-bond donors (Lipinski definition) is 1. The van der Waals surface area contributed by atoms with E-state index in [0.717, 1.165) is 44.9 Å². The van der Waals surface area contributed by atoms with Crippen LogP contribution in [0.3, 0.4) is 0 Å². The summed E-state index contributed by atoms with van der Waals surface area (Å²) in [5.74, 6) is 0.850. The number of carbonyl (C=O) groups is 1. The van der Waals surface area contributed by atoms with Crippen LogP contribution < -0.4 is 5.73 Å². The van der Waals surface area contributed by atoms with E-state index in [-0.39, 0.29) is 37.3 Å². The maximum atomic E-state index is 11.4. The van der Waals surface area contributed by atoms with Crippen LogP contribution in [0.4, 0.5) is 0 Å². The van der Waals surface area contributed by atoms with E-state index < -0.39 is 0 Å². The average molecular weight is 300 g/mol. The van der Waals surface area contributed by atoms with Crippen LogP contribution in [0.1, 0.15) is 26.7 Å². The van der Waals surface area contributed by atoms with Crippen molar-refractivity contribution in [2.75, 3.05) is 39.3 Å². The Hall–Kier alpha value is -0.0300. The molecule has 110 valence electrons. The van der Waals surface area contributed by atoms with Crippen molar-refractivity contribution >= 4 is 30.7 Å². The van der Waals surface area contributed by atoms with Gasteiger partial charge >= 0.3 is 0 Å². The lowest BCUT2D eigenvalue weighted by atomic mass is 9.96. The summed E-state index contributed by atoms with van der Waals surface area (Å²) in [6.45, 7) is 9.77. The number of nitrogens with zero attached hydrogens (tertiary/aromatic N) is 2. The van der Waals surface area contributed by atoms with Crippen LogP contribution in [0.25, 0.3) is 0 Å². The van der Waals surface area contributed by atoms with Crippen LogP contribution >= 0.6 is 24.8 Å². The summed E-state index contributed by atoms with van der Waals surface area (Å²) in [5.41, 5.74) is 5.36. The van der Waals surface area contributed by atoms with Gasteiger partial charge in [0.15, 0.2) is 0 Å². The molecule has 0 radical (unpaired) electrons. The molecule has 0 aromatic carbocycles. The molecule has 1 fully saturated rings. The molecular formula is C12H27Cl2N3O. The second-order valence-electron chi connectivity index (χ2n) is 4.51. The first-order valence-electron chi connectivity index (χ1n) is 6.41. The van der Waals surface area contributed by atoms with Gasteiger partial charge in [-0.3, -0.25) is 4.79 Å². The van der Waals surface area contributed by atoms with Crippen molar-refractivity contribution in [1.29, 1.82) is 0 Å². The molecule has 1 heterocycles. The zero-order valence-electron chi connectivity index (χ0n) is 11.4. The molecular weight excluding hydrogens is 273 g/mol. The van der Waals surface area contributed by atoms with Crippen LogP contribution in [0.15, 0.2) is 0 Å². The van der Waals surface area contributed by atoms with Gasteiger partial charge in [-0.2, -0.15) is 0 Å². The van der Waals surface area contributed by atoms with Gasteiger partial charge in [0.1, 0.15) is 0 Å². The first-order chi connectivity index (χ1) is 7.71. The maximum Gasteiger partial charge on any atom is 0.236 e. The van der Waals surface area contributed by atoms with Crippen LogP contribution in [0.2, 0.25) is 0 Å². The molecule has 0 spiro atoms. The van der Waals surface area contributed by atoms with Crippen LogP contribution in [-0.2, 0) is 4.79 Å². The third-order valence-electron chi connectivity index (χ3n) is 3.55. The van der Waals surface area contributed by atoms with Crippen molar-refractivity contribution in [3.63, 3.8) is 0 Å². The van der Waals surface area contributed by atoms with E-state index in [9.17, 15) is 4.79 Å². The van der Waals surface area contributed by atoms with E-state index in [1.807, 2.05) is 4.90 Å². The summed E-state index contributed by atoms with van der Waals surface area (Å²) in [6.07, 6.45) is 2.25. The van der Waals surface area contributed by atoms with Crippen molar-refractivity contribution in [2.45, 2.75) is 26.7 Å². The Bertz CT molecular complexity index is 217. The van der Waals surface area contributed by atoms with E-state index >= 15 is 0 Å². The third kappa shape index (κ3) is 6.23. The lowest BCUT2D eigenvalue weighted by Crippen LogP contribution is -2.43. The first-order valence-corrected chi connectivity index (χ1v) is 6.41. The van der Waals surface area contributed by atoms with Crippen molar-refractivity contribution < 1.29 is 4.79 Å². The zero-order chi connectivity index (χ0) is 12.0. The second-order valence-corrected chi connectivity index (χ2v) is 4.51. The van der Waals surface area contributed by atoms with Crippen molar-refractivity contribution in [1.82, 2.24) is 9.80 Å². The normalized spacial score (nSPS) is 16.1. The summed E-state index contributed by atoms with van der Waals surface area (Å²) in [6, 6.07) is 0. The number of likely N-dealkylation sites (tertiary alicyclic amines) is 1. The SMILES string of the molecule is CCN(CC)CC1CCN(C(=O)CN)CC1.Cl.Cl. The van der Waals surface area contributed by atoms with E-state index in [0.29, 0.717) is 0 Å². The minimum Gasteiger partial charge on any atom is -0.342 e. The number of rotatable bonds is 5. The summed E-state index contributed by atoms with van der Waals surface area (Å²) in [5, 5.41) is 0. The predicted octanol–water partition coefficient (Wildman–Crippen LogP) is 1.37. The minimum atomic E-state index is 0. The Morgan fingerprint density at radius 2 is 1.72 bits per heavy atom. The largest absolute Gasteiger partial charge is 0.342 e. The van der Waals surface area contributed by atoms with Crippen molar-refractivity contribution in [3.05, 3.63) is 0 Å². The Kier molecular flexibility index (Phi) is 12.2. The Labute approximate surface area is 123 Å². The van der Waals surface area contributed by atoms with Gasteiger partial charge in [-0.15, -0.1) is 24.8 Å². The highest BCUT2D eigenvalue weighted by Gasteiger charge is 2.22. The molecule has 0 unspecified atom stereocenters. The molecule has 1 saturated heterocycles. The van der Waals surface area contributed by atoms with Gasteiger partial charge in [0, 0.05) is 19.6 Å². The number of halogens is 2. The second kappa shape index (κ2) is 10.9. The average Bonchev–Trinajstić information content (AvgIpc) is 2.35. The molecule has 6 heteroatoms. The summed E-state index contributed by atoms with van der Waals surface area (Å²) in [4.78, 5) is 15.8. The molecule has 0 bridgehead atoms. The van der Waals surface area contributed by atoms with Gasteiger partial charge in [-0.25, -0.2) is 0 Å². The highest BCUT2D eigenvalue weighted by molar-refractivity contribution is 5.85. The monoisotopic (exact) mass is 299 g/mol. The molecule has 0 aromatic rings. The number of nitrogens with two attached hydrogens (primary N) is 1. The summed E-state index contributed by atoms with van der Waals surface area (Å²) in [7, 11) is 0. The topological polar surface area (TPSA) is 49.6 Å². The summed E-state index contributed by atoms with van der Waals surface area (Å²) < 4.78 is 0. The predicted molar refractivity (Wildman–Crippen MR) is 80.6 cm³/mol. The van der Waals surface area contributed by atoms with Gasteiger partial charge in [-0.05, 0) is 31.8 Å². The number of piperidine rings is 1. The maximum absolute atomic E-state index is 11.4. The molecule has 4 nitrogen and oxygen atoms in total. The van der Waals surface area contributed by atoms with Gasteiger partial charge < -0.3 is 15.5 Å². The van der Waals surface area contributed by atoms with Crippen molar-refractivity contribution in [2.24, 2.45) is 11.7 Å². The van der Waals surface area contributed by atoms with E-state index in [2.05, 4.69) is 18.7 Å². The van der Waals surface area contributed by atoms with Gasteiger partial charge in [0.25, 0.3) is 0 Å². The van der Waals surface area contributed by atoms with E-state index in [1.54, 1.807) is 0 Å². The highest BCUT2D eigenvalue weighted by atomic mass is 35.5.